The highest BCUT2D eigenvalue weighted by Gasteiger charge is 2.32. The van der Waals surface area contributed by atoms with Gasteiger partial charge in [0.05, 0.1) is 17.4 Å². The van der Waals surface area contributed by atoms with E-state index in [2.05, 4.69) is 15.3 Å². The van der Waals surface area contributed by atoms with Crippen LogP contribution in [0.1, 0.15) is 32.6 Å². The van der Waals surface area contributed by atoms with Crippen molar-refractivity contribution in [3.63, 3.8) is 0 Å². The molecular formula is C23H23FN6O2. The van der Waals surface area contributed by atoms with Gasteiger partial charge in [0.25, 0.3) is 0 Å². The first-order valence-corrected chi connectivity index (χ1v) is 10.4. The number of benzene rings is 2. The molecule has 0 bridgehead atoms. The summed E-state index contributed by atoms with van der Waals surface area (Å²) in [5, 5.41) is 13.4. The molecule has 9 heteroatoms. The Morgan fingerprint density at radius 1 is 1.03 bits per heavy atom. The normalized spacial score (nSPS) is 14.7. The summed E-state index contributed by atoms with van der Waals surface area (Å²) >= 11 is 0. The second kappa shape index (κ2) is 7.44. The zero-order valence-corrected chi connectivity index (χ0v) is 18.1. The van der Waals surface area contributed by atoms with Crippen molar-refractivity contribution in [2.45, 2.75) is 32.7 Å². The molecule has 1 fully saturated rings. The Morgan fingerprint density at radius 3 is 2.56 bits per heavy atom. The van der Waals surface area contributed by atoms with E-state index in [0.29, 0.717) is 30.6 Å². The number of rotatable bonds is 4. The number of carbonyl (C=O) groups excluding carboxylic acids is 1. The monoisotopic (exact) mass is 434 g/mol. The number of urea groups is 1. The van der Waals surface area contributed by atoms with Crippen LogP contribution in [0.3, 0.4) is 0 Å². The first-order chi connectivity index (χ1) is 15.3. The van der Waals surface area contributed by atoms with Crippen LogP contribution in [0.5, 0.6) is 0 Å². The number of hydrogen-bond donors (Lipinski definition) is 0. The molecule has 0 unspecified atom stereocenters. The number of halogens is 1. The smallest absolute Gasteiger partial charge is 0.325 e. The highest BCUT2D eigenvalue weighted by Crippen LogP contribution is 2.31. The van der Waals surface area contributed by atoms with E-state index in [4.69, 9.17) is 4.42 Å². The van der Waals surface area contributed by atoms with Crippen molar-refractivity contribution in [1.29, 1.82) is 0 Å². The number of amides is 2. The van der Waals surface area contributed by atoms with Gasteiger partial charge in [0, 0.05) is 23.9 Å². The van der Waals surface area contributed by atoms with Gasteiger partial charge in [0.2, 0.25) is 11.8 Å². The lowest BCUT2D eigenvalue weighted by molar-refractivity contribution is 0.212. The largest absolute Gasteiger partial charge is 0.423 e. The van der Waals surface area contributed by atoms with E-state index in [1.807, 2.05) is 39.0 Å². The molecule has 2 amide bonds. The maximum atomic E-state index is 14.3. The average molecular weight is 434 g/mol. The summed E-state index contributed by atoms with van der Waals surface area (Å²) in [6.07, 6.45) is 1.67. The topological polar surface area (TPSA) is 80.3 Å². The highest BCUT2D eigenvalue weighted by atomic mass is 19.1. The van der Waals surface area contributed by atoms with Gasteiger partial charge in [-0.15, -0.1) is 10.2 Å². The highest BCUT2D eigenvalue weighted by molar-refractivity contribution is 6.03. The summed E-state index contributed by atoms with van der Waals surface area (Å²) in [4.78, 5) is 16.5. The SMILES string of the molecule is CC(C)(C)c1nnc(CN2CCN(c3cccc4c3cnn4-c3ccccc3F)C2=O)o1. The second-order valence-electron chi connectivity index (χ2n) is 8.82. The van der Waals surface area contributed by atoms with Gasteiger partial charge in [-0.3, -0.25) is 4.90 Å². The maximum absolute atomic E-state index is 14.3. The zero-order chi connectivity index (χ0) is 22.5. The van der Waals surface area contributed by atoms with Gasteiger partial charge in [0.15, 0.2) is 0 Å². The Bertz CT molecular complexity index is 1310. The number of anilines is 1. The molecule has 0 aliphatic carbocycles. The fraction of sp³-hybridized carbons (Fsp3) is 0.304. The van der Waals surface area contributed by atoms with Gasteiger partial charge < -0.3 is 9.32 Å². The van der Waals surface area contributed by atoms with Gasteiger partial charge in [-0.05, 0) is 24.3 Å². The minimum atomic E-state index is -0.361. The lowest BCUT2D eigenvalue weighted by atomic mass is 9.97. The van der Waals surface area contributed by atoms with Crippen LogP contribution in [-0.2, 0) is 12.0 Å². The lowest BCUT2D eigenvalue weighted by Gasteiger charge is -2.18. The lowest BCUT2D eigenvalue weighted by Crippen LogP contribution is -2.31. The van der Waals surface area contributed by atoms with E-state index in [1.165, 1.54) is 6.07 Å². The molecule has 1 aliphatic heterocycles. The van der Waals surface area contributed by atoms with Crippen molar-refractivity contribution in [2.24, 2.45) is 0 Å². The number of para-hydroxylation sites is 1. The van der Waals surface area contributed by atoms with Crippen molar-refractivity contribution in [3.8, 4) is 5.69 Å². The molecule has 5 rings (SSSR count). The molecular weight excluding hydrogens is 411 g/mol. The van der Waals surface area contributed by atoms with Crippen LogP contribution in [0.4, 0.5) is 14.9 Å². The van der Waals surface area contributed by atoms with Crippen molar-refractivity contribution in [2.75, 3.05) is 18.0 Å². The summed E-state index contributed by atoms with van der Waals surface area (Å²) in [5.41, 5.74) is 1.57. The maximum Gasteiger partial charge on any atom is 0.325 e. The molecule has 2 aromatic heterocycles. The zero-order valence-electron chi connectivity index (χ0n) is 18.1. The molecule has 0 radical (unpaired) electrons. The molecule has 8 nitrogen and oxygen atoms in total. The van der Waals surface area contributed by atoms with Crippen LogP contribution < -0.4 is 4.90 Å². The molecule has 164 valence electrons. The summed E-state index contributed by atoms with van der Waals surface area (Å²) in [6, 6.07) is 11.9. The Kier molecular flexibility index (Phi) is 4.69. The number of nitrogens with zero attached hydrogens (tertiary/aromatic N) is 6. The van der Waals surface area contributed by atoms with Crippen molar-refractivity contribution in [1.82, 2.24) is 24.9 Å². The van der Waals surface area contributed by atoms with E-state index in [0.717, 1.165) is 16.6 Å². The van der Waals surface area contributed by atoms with Crippen molar-refractivity contribution in [3.05, 3.63) is 66.3 Å². The van der Waals surface area contributed by atoms with Crippen LogP contribution in [0.2, 0.25) is 0 Å². The van der Waals surface area contributed by atoms with E-state index in [-0.39, 0.29) is 23.8 Å². The number of aromatic nitrogens is 4. The van der Waals surface area contributed by atoms with Gasteiger partial charge in [-0.2, -0.15) is 5.10 Å². The molecule has 1 aliphatic rings. The van der Waals surface area contributed by atoms with Crippen molar-refractivity contribution < 1.29 is 13.6 Å². The molecule has 2 aromatic carbocycles. The fourth-order valence-electron chi connectivity index (χ4n) is 3.82. The molecule has 32 heavy (non-hydrogen) atoms. The molecule has 4 aromatic rings. The summed E-state index contributed by atoms with van der Waals surface area (Å²) < 4.78 is 21.6. The molecule has 3 heterocycles. The fourth-order valence-corrected chi connectivity index (χ4v) is 3.82. The van der Waals surface area contributed by atoms with Gasteiger partial charge in [0.1, 0.15) is 18.0 Å². The summed E-state index contributed by atoms with van der Waals surface area (Å²) in [6.45, 7) is 7.29. The first-order valence-electron chi connectivity index (χ1n) is 10.4. The summed E-state index contributed by atoms with van der Waals surface area (Å²) in [7, 11) is 0. The number of hydrogen-bond acceptors (Lipinski definition) is 5. The van der Waals surface area contributed by atoms with E-state index < -0.39 is 0 Å². The van der Waals surface area contributed by atoms with E-state index in [9.17, 15) is 9.18 Å². The van der Waals surface area contributed by atoms with Crippen LogP contribution in [0, 0.1) is 5.82 Å². The van der Waals surface area contributed by atoms with E-state index in [1.54, 1.807) is 38.9 Å². The number of fused-ring (bicyclic) bond motifs is 1. The van der Waals surface area contributed by atoms with Crippen molar-refractivity contribution >= 4 is 22.6 Å². The molecule has 0 spiro atoms. The minimum absolute atomic E-state index is 0.147. The molecule has 1 saturated heterocycles. The van der Waals surface area contributed by atoms with Gasteiger partial charge in [-0.25, -0.2) is 13.9 Å². The third-order valence-electron chi connectivity index (χ3n) is 5.49. The van der Waals surface area contributed by atoms with E-state index >= 15 is 0 Å². The number of carbonyl (C=O) groups is 1. The Hall–Kier alpha value is -3.75. The van der Waals surface area contributed by atoms with Crippen LogP contribution in [0.25, 0.3) is 16.6 Å². The quantitative estimate of drug-likeness (QED) is 0.479. The predicted molar refractivity (Wildman–Crippen MR) is 117 cm³/mol. The standard InChI is InChI=1S/C23H23FN6O2/c1-23(2,3)21-27-26-20(32-21)14-28-11-12-29(22(28)31)17-9-6-10-18-15(17)13-25-30(18)19-8-5-4-7-16(19)24/h4-10,13H,11-12,14H2,1-3H3. The summed E-state index contributed by atoms with van der Waals surface area (Å²) in [5.74, 6) is 0.595. The Morgan fingerprint density at radius 2 is 1.81 bits per heavy atom. The second-order valence-corrected chi connectivity index (χ2v) is 8.82. The Balaban J connectivity index is 1.42. The minimum Gasteiger partial charge on any atom is -0.423 e. The van der Waals surface area contributed by atoms with Crippen LogP contribution in [-0.4, -0.2) is 44.0 Å². The third-order valence-corrected chi connectivity index (χ3v) is 5.49. The van der Waals surface area contributed by atoms with Gasteiger partial charge >= 0.3 is 6.03 Å². The molecule has 0 N–H and O–H groups in total. The average Bonchev–Trinajstić information content (AvgIpc) is 3.48. The molecule has 0 atom stereocenters. The first kappa shape index (κ1) is 20.2. The molecule has 0 saturated carbocycles. The third kappa shape index (κ3) is 3.39. The van der Waals surface area contributed by atoms with Crippen LogP contribution >= 0.6 is 0 Å². The Labute approximate surface area is 184 Å². The van der Waals surface area contributed by atoms with Gasteiger partial charge in [-0.1, -0.05) is 39.0 Å². The predicted octanol–water partition coefficient (Wildman–Crippen LogP) is 4.29. The van der Waals surface area contributed by atoms with Crippen LogP contribution in [0.15, 0.2) is 53.1 Å².